The lowest BCUT2D eigenvalue weighted by Crippen LogP contribution is -2.37. The van der Waals surface area contributed by atoms with Crippen LogP contribution in [0.4, 0.5) is 0 Å². The molecule has 0 bridgehead atoms. The molecule has 16 heavy (non-hydrogen) atoms. The monoisotopic (exact) mass is 227 g/mol. The van der Waals surface area contributed by atoms with Crippen molar-refractivity contribution in [3.63, 3.8) is 0 Å². The van der Waals surface area contributed by atoms with Gasteiger partial charge in [0, 0.05) is 6.04 Å². The summed E-state index contributed by atoms with van der Waals surface area (Å²) in [6.07, 6.45) is 8.18. The largest absolute Gasteiger partial charge is 0.390 e. The van der Waals surface area contributed by atoms with Gasteiger partial charge in [-0.25, -0.2) is 0 Å². The Bertz CT molecular complexity index is 202. The molecule has 0 heterocycles. The van der Waals surface area contributed by atoms with E-state index in [2.05, 4.69) is 12.2 Å². The van der Waals surface area contributed by atoms with E-state index in [1.807, 2.05) is 0 Å². The fourth-order valence-electron chi connectivity index (χ4n) is 3.00. The number of aliphatic hydroxyl groups excluding tert-OH is 1. The van der Waals surface area contributed by atoms with E-state index in [0.29, 0.717) is 12.1 Å². The van der Waals surface area contributed by atoms with Gasteiger partial charge in [0.2, 0.25) is 0 Å². The smallest absolute Gasteiger partial charge is 0.0837 e. The van der Waals surface area contributed by atoms with Crippen molar-refractivity contribution >= 4 is 0 Å². The zero-order valence-corrected chi connectivity index (χ0v) is 10.3. The highest BCUT2D eigenvalue weighted by atomic mass is 16.5. The second-order valence-corrected chi connectivity index (χ2v) is 5.20. The van der Waals surface area contributed by atoms with Crippen molar-refractivity contribution in [2.75, 3.05) is 6.54 Å². The lowest BCUT2D eigenvalue weighted by Gasteiger charge is -2.31. The lowest BCUT2D eigenvalue weighted by molar-refractivity contribution is -0.0752. The Balaban J connectivity index is 1.68. The van der Waals surface area contributed by atoms with Crippen LogP contribution in [-0.4, -0.2) is 36.0 Å². The molecule has 2 N–H and O–H groups in total. The van der Waals surface area contributed by atoms with Crippen molar-refractivity contribution in [2.24, 2.45) is 0 Å². The van der Waals surface area contributed by atoms with Gasteiger partial charge < -0.3 is 15.2 Å². The number of nitrogens with one attached hydrogen (secondary N) is 1. The topological polar surface area (TPSA) is 41.5 Å². The molecule has 2 fully saturated rings. The molecule has 0 spiro atoms. The van der Waals surface area contributed by atoms with Gasteiger partial charge in [0.1, 0.15) is 0 Å². The number of hydrogen-bond donors (Lipinski definition) is 2. The standard InChI is InChI=1S/C13H25NO2/c1-2-14-10-6-8-11(9-7-10)16-13-5-3-4-12(13)15/h10-15H,2-9H2,1H3. The Kier molecular flexibility index (Phi) is 4.62. The minimum Gasteiger partial charge on any atom is -0.390 e. The summed E-state index contributed by atoms with van der Waals surface area (Å²) in [6.45, 7) is 3.23. The second-order valence-electron chi connectivity index (χ2n) is 5.20. The van der Waals surface area contributed by atoms with Crippen molar-refractivity contribution in [1.29, 1.82) is 0 Å². The molecular weight excluding hydrogens is 202 g/mol. The Labute approximate surface area is 98.6 Å². The third-order valence-corrected chi connectivity index (χ3v) is 3.95. The average molecular weight is 227 g/mol. The second kappa shape index (κ2) is 5.99. The number of hydrogen-bond acceptors (Lipinski definition) is 3. The predicted octanol–water partition coefficient (Wildman–Crippen LogP) is 1.84. The molecule has 2 aliphatic rings. The SMILES string of the molecule is CCNC1CCC(OC2CCCC2O)CC1. The Morgan fingerprint density at radius 3 is 2.44 bits per heavy atom. The molecule has 0 aromatic rings. The summed E-state index contributed by atoms with van der Waals surface area (Å²) in [5.41, 5.74) is 0. The first-order chi connectivity index (χ1) is 7.79. The van der Waals surface area contributed by atoms with Crippen LogP contribution in [0.5, 0.6) is 0 Å². The highest BCUT2D eigenvalue weighted by Gasteiger charge is 2.30. The summed E-state index contributed by atoms with van der Waals surface area (Å²) < 4.78 is 6.01. The summed E-state index contributed by atoms with van der Waals surface area (Å²) in [6, 6.07) is 0.693. The quantitative estimate of drug-likeness (QED) is 0.770. The minimum atomic E-state index is -0.202. The molecule has 2 atom stereocenters. The summed E-state index contributed by atoms with van der Waals surface area (Å²) in [4.78, 5) is 0. The van der Waals surface area contributed by atoms with Gasteiger partial charge in [0.25, 0.3) is 0 Å². The summed E-state index contributed by atoms with van der Waals surface area (Å²) in [5, 5.41) is 13.2. The highest BCUT2D eigenvalue weighted by molar-refractivity contribution is 4.82. The van der Waals surface area contributed by atoms with Gasteiger partial charge in [-0.15, -0.1) is 0 Å². The van der Waals surface area contributed by atoms with Crippen LogP contribution in [0.1, 0.15) is 51.9 Å². The molecule has 0 aromatic heterocycles. The molecule has 94 valence electrons. The van der Waals surface area contributed by atoms with E-state index < -0.39 is 0 Å². The van der Waals surface area contributed by atoms with Gasteiger partial charge in [0.15, 0.2) is 0 Å². The Morgan fingerprint density at radius 2 is 1.88 bits per heavy atom. The van der Waals surface area contributed by atoms with Gasteiger partial charge in [-0.1, -0.05) is 6.92 Å². The lowest BCUT2D eigenvalue weighted by atomic mass is 9.93. The van der Waals surface area contributed by atoms with Crippen molar-refractivity contribution in [3.05, 3.63) is 0 Å². The summed E-state index contributed by atoms with van der Waals surface area (Å²) in [5.74, 6) is 0. The molecule has 3 nitrogen and oxygen atoms in total. The molecule has 2 saturated carbocycles. The van der Waals surface area contributed by atoms with Crippen LogP contribution in [0.2, 0.25) is 0 Å². The third kappa shape index (κ3) is 3.19. The first kappa shape index (κ1) is 12.3. The van der Waals surface area contributed by atoms with Crippen molar-refractivity contribution in [3.8, 4) is 0 Å². The van der Waals surface area contributed by atoms with E-state index in [-0.39, 0.29) is 12.2 Å². The molecule has 0 saturated heterocycles. The van der Waals surface area contributed by atoms with Crippen LogP contribution in [0, 0.1) is 0 Å². The summed E-state index contributed by atoms with van der Waals surface area (Å²) >= 11 is 0. The van der Waals surface area contributed by atoms with Crippen LogP contribution in [0.15, 0.2) is 0 Å². The van der Waals surface area contributed by atoms with Crippen molar-refractivity contribution < 1.29 is 9.84 Å². The molecule has 3 heteroatoms. The van der Waals surface area contributed by atoms with Gasteiger partial charge in [0.05, 0.1) is 18.3 Å². The van der Waals surface area contributed by atoms with Crippen LogP contribution >= 0.6 is 0 Å². The zero-order valence-electron chi connectivity index (χ0n) is 10.3. The van der Waals surface area contributed by atoms with E-state index in [4.69, 9.17) is 4.74 Å². The molecule has 2 rings (SSSR count). The maximum atomic E-state index is 9.72. The normalized spacial score (nSPS) is 40.1. The number of aliphatic hydroxyl groups is 1. The maximum absolute atomic E-state index is 9.72. The number of rotatable bonds is 4. The van der Waals surface area contributed by atoms with E-state index in [1.165, 1.54) is 12.8 Å². The highest BCUT2D eigenvalue weighted by Crippen LogP contribution is 2.28. The molecule has 2 aliphatic carbocycles. The fraction of sp³-hybridized carbons (Fsp3) is 1.00. The third-order valence-electron chi connectivity index (χ3n) is 3.95. The molecule has 0 aliphatic heterocycles. The molecule has 2 unspecified atom stereocenters. The van der Waals surface area contributed by atoms with Gasteiger partial charge in [-0.05, 0) is 51.5 Å². The van der Waals surface area contributed by atoms with Crippen molar-refractivity contribution in [1.82, 2.24) is 5.32 Å². The zero-order chi connectivity index (χ0) is 11.4. The first-order valence-corrected chi connectivity index (χ1v) is 6.86. The van der Waals surface area contributed by atoms with Gasteiger partial charge >= 0.3 is 0 Å². The Hall–Kier alpha value is -0.120. The maximum Gasteiger partial charge on any atom is 0.0837 e. The molecule has 0 aromatic carbocycles. The van der Waals surface area contributed by atoms with Crippen molar-refractivity contribution in [2.45, 2.75) is 76.2 Å². The van der Waals surface area contributed by atoms with Crippen LogP contribution in [-0.2, 0) is 4.74 Å². The van der Waals surface area contributed by atoms with E-state index >= 15 is 0 Å². The average Bonchev–Trinajstić information content (AvgIpc) is 2.68. The molecule has 0 amide bonds. The van der Waals surface area contributed by atoms with E-state index in [1.54, 1.807) is 0 Å². The van der Waals surface area contributed by atoms with E-state index in [9.17, 15) is 5.11 Å². The van der Waals surface area contributed by atoms with E-state index in [0.717, 1.165) is 38.6 Å². The van der Waals surface area contributed by atoms with Crippen LogP contribution < -0.4 is 5.32 Å². The first-order valence-electron chi connectivity index (χ1n) is 6.86. The molecular formula is C13H25NO2. The van der Waals surface area contributed by atoms with Crippen LogP contribution in [0.25, 0.3) is 0 Å². The number of ether oxygens (including phenoxy) is 1. The predicted molar refractivity (Wildman–Crippen MR) is 64.5 cm³/mol. The van der Waals surface area contributed by atoms with Gasteiger partial charge in [-0.2, -0.15) is 0 Å². The Morgan fingerprint density at radius 1 is 1.12 bits per heavy atom. The molecule has 0 radical (unpaired) electrons. The van der Waals surface area contributed by atoms with Gasteiger partial charge in [-0.3, -0.25) is 0 Å². The minimum absolute atomic E-state index is 0.126. The summed E-state index contributed by atoms with van der Waals surface area (Å²) in [7, 11) is 0. The van der Waals surface area contributed by atoms with Crippen LogP contribution in [0.3, 0.4) is 0 Å². The fourth-order valence-corrected chi connectivity index (χ4v) is 3.00.